The minimum atomic E-state index is 0.0437. The normalized spacial score (nSPS) is 16.6. The minimum absolute atomic E-state index is 0.0437. The van der Waals surface area contributed by atoms with E-state index in [1.165, 1.54) is 27.7 Å². The first kappa shape index (κ1) is 18.2. The average molecular weight is 406 g/mol. The van der Waals surface area contributed by atoms with E-state index in [9.17, 15) is 5.11 Å². The summed E-state index contributed by atoms with van der Waals surface area (Å²) >= 11 is 0. The third kappa shape index (κ3) is 3.07. The molecule has 0 unspecified atom stereocenters. The van der Waals surface area contributed by atoms with Gasteiger partial charge in [0.1, 0.15) is 5.75 Å². The number of hydrogen-bond acceptors (Lipinski definition) is 3. The summed E-state index contributed by atoms with van der Waals surface area (Å²) in [5.41, 5.74) is 7.17. The zero-order chi connectivity index (χ0) is 20.8. The van der Waals surface area contributed by atoms with Crippen molar-refractivity contribution in [3.05, 3.63) is 107 Å². The summed E-state index contributed by atoms with van der Waals surface area (Å²) < 4.78 is 0. The Kier molecular flexibility index (Phi) is 4.25. The fourth-order valence-corrected chi connectivity index (χ4v) is 5.05. The number of pyridine rings is 1. The van der Waals surface area contributed by atoms with Gasteiger partial charge in [0.05, 0.1) is 11.6 Å². The summed E-state index contributed by atoms with van der Waals surface area (Å²) in [7, 11) is 0. The SMILES string of the molecule is Oc1cccc([C@@H]2c3[nH]c4ccccc4c3CCN2Cc2cccc3cccnc23)c1. The van der Waals surface area contributed by atoms with Gasteiger partial charge in [0, 0.05) is 41.3 Å². The van der Waals surface area contributed by atoms with Crippen LogP contribution in [0.1, 0.15) is 28.4 Å². The van der Waals surface area contributed by atoms with Crippen LogP contribution in [-0.4, -0.2) is 26.5 Å². The molecule has 0 bridgehead atoms. The van der Waals surface area contributed by atoms with Crippen LogP contribution < -0.4 is 0 Å². The van der Waals surface area contributed by atoms with Gasteiger partial charge in [-0.2, -0.15) is 0 Å². The van der Waals surface area contributed by atoms with E-state index < -0.39 is 0 Å². The summed E-state index contributed by atoms with van der Waals surface area (Å²) in [5.74, 6) is 0.299. The zero-order valence-electron chi connectivity index (χ0n) is 17.1. The van der Waals surface area contributed by atoms with Crippen LogP contribution in [0.4, 0.5) is 0 Å². The Morgan fingerprint density at radius 2 is 1.84 bits per heavy atom. The van der Waals surface area contributed by atoms with Crippen molar-refractivity contribution in [3.8, 4) is 5.75 Å². The summed E-state index contributed by atoms with van der Waals surface area (Å²) in [6.07, 6.45) is 2.86. The monoisotopic (exact) mass is 405 g/mol. The predicted molar refractivity (Wildman–Crippen MR) is 124 cm³/mol. The number of hydrogen-bond donors (Lipinski definition) is 2. The molecule has 4 heteroatoms. The molecule has 3 aromatic carbocycles. The van der Waals surface area contributed by atoms with Gasteiger partial charge in [0.2, 0.25) is 0 Å². The van der Waals surface area contributed by atoms with Gasteiger partial charge in [-0.15, -0.1) is 0 Å². The molecule has 0 fully saturated rings. The highest BCUT2D eigenvalue weighted by Gasteiger charge is 2.32. The van der Waals surface area contributed by atoms with E-state index in [-0.39, 0.29) is 6.04 Å². The van der Waals surface area contributed by atoms with Gasteiger partial charge in [-0.3, -0.25) is 9.88 Å². The molecule has 1 aliphatic rings. The maximum absolute atomic E-state index is 10.2. The van der Waals surface area contributed by atoms with Gasteiger partial charge in [0.15, 0.2) is 0 Å². The largest absolute Gasteiger partial charge is 0.508 e. The Bertz CT molecular complexity index is 1400. The lowest BCUT2D eigenvalue weighted by molar-refractivity contribution is 0.202. The second kappa shape index (κ2) is 7.25. The van der Waals surface area contributed by atoms with Gasteiger partial charge < -0.3 is 10.1 Å². The van der Waals surface area contributed by atoms with E-state index in [1.807, 2.05) is 24.4 Å². The Labute approximate surface area is 180 Å². The topological polar surface area (TPSA) is 52.1 Å². The Hall–Kier alpha value is -3.63. The summed E-state index contributed by atoms with van der Waals surface area (Å²) in [6.45, 7) is 1.74. The van der Waals surface area contributed by atoms with Crippen LogP contribution in [0.2, 0.25) is 0 Å². The number of nitrogens with one attached hydrogen (secondary N) is 1. The van der Waals surface area contributed by atoms with E-state index in [0.717, 1.165) is 36.0 Å². The van der Waals surface area contributed by atoms with E-state index in [0.29, 0.717) is 5.75 Å². The van der Waals surface area contributed by atoms with Gasteiger partial charge in [-0.1, -0.05) is 54.6 Å². The first-order chi connectivity index (χ1) is 15.3. The molecule has 0 radical (unpaired) electrons. The van der Waals surface area contributed by atoms with Crippen LogP contribution in [-0.2, 0) is 13.0 Å². The molecule has 3 heterocycles. The van der Waals surface area contributed by atoms with E-state index >= 15 is 0 Å². The minimum Gasteiger partial charge on any atom is -0.508 e. The molecular weight excluding hydrogens is 382 g/mol. The van der Waals surface area contributed by atoms with Crippen molar-refractivity contribution >= 4 is 21.8 Å². The maximum atomic E-state index is 10.2. The fourth-order valence-electron chi connectivity index (χ4n) is 5.05. The number of phenols is 1. The summed E-state index contributed by atoms with van der Waals surface area (Å²) in [5, 5.41) is 12.7. The molecule has 2 N–H and O–H groups in total. The van der Waals surface area contributed by atoms with Crippen molar-refractivity contribution in [2.24, 2.45) is 0 Å². The molecule has 4 nitrogen and oxygen atoms in total. The number of rotatable bonds is 3. The van der Waals surface area contributed by atoms with Crippen LogP contribution in [0.5, 0.6) is 5.75 Å². The molecular formula is C27H23N3O. The first-order valence-electron chi connectivity index (χ1n) is 10.7. The van der Waals surface area contributed by atoms with Crippen molar-refractivity contribution < 1.29 is 5.11 Å². The fraction of sp³-hybridized carbons (Fsp3) is 0.148. The number of benzene rings is 3. The molecule has 0 saturated heterocycles. The molecule has 0 saturated carbocycles. The average Bonchev–Trinajstić information content (AvgIpc) is 3.18. The van der Waals surface area contributed by atoms with Crippen molar-refractivity contribution in [3.63, 3.8) is 0 Å². The molecule has 5 aromatic rings. The molecule has 2 aromatic heterocycles. The van der Waals surface area contributed by atoms with E-state index in [4.69, 9.17) is 0 Å². The number of fused-ring (bicyclic) bond motifs is 4. The highest BCUT2D eigenvalue weighted by molar-refractivity contribution is 5.85. The number of aromatic amines is 1. The predicted octanol–water partition coefficient (Wildman–Crippen LogP) is 5.57. The van der Waals surface area contributed by atoms with Crippen LogP contribution in [0, 0.1) is 0 Å². The number of H-pyrrole nitrogens is 1. The molecule has 31 heavy (non-hydrogen) atoms. The van der Waals surface area contributed by atoms with Crippen LogP contribution in [0.3, 0.4) is 0 Å². The third-order valence-corrected chi connectivity index (χ3v) is 6.41. The maximum Gasteiger partial charge on any atom is 0.115 e. The molecule has 1 atom stereocenters. The second-order valence-electron chi connectivity index (χ2n) is 8.27. The van der Waals surface area contributed by atoms with E-state index in [1.54, 1.807) is 6.07 Å². The van der Waals surface area contributed by atoms with Crippen molar-refractivity contribution in [1.29, 1.82) is 0 Å². The summed E-state index contributed by atoms with van der Waals surface area (Å²) in [6, 6.07) is 26.7. The van der Waals surface area contributed by atoms with Crippen LogP contribution >= 0.6 is 0 Å². The summed E-state index contributed by atoms with van der Waals surface area (Å²) in [4.78, 5) is 10.9. The Morgan fingerprint density at radius 1 is 0.968 bits per heavy atom. The number of phenolic OH excluding ortho intramolecular Hbond substituents is 1. The lowest BCUT2D eigenvalue weighted by atomic mass is 9.91. The molecule has 0 amide bonds. The van der Waals surface area contributed by atoms with Crippen LogP contribution in [0.25, 0.3) is 21.8 Å². The number of nitrogens with zero attached hydrogens (tertiary/aromatic N) is 2. The molecule has 0 spiro atoms. The second-order valence-corrected chi connectivity index (χ2v) is 8.27. The van der Waals surface area contributed by atoms with Crippen molar-refractivity contribution in [2.75, 3.05) is 6.54 Å². The lowest BCUT2D eigenvalue weighted by Gasteiger charge is -2.36. The van der Waals surface area contributed by atoms with Gasteiger partial charge in [-0.25, -0.2) is 0 Å². The third-order valence-electron chi connectivity index (χ3n) is 6.41. The van der Waals surface area contributed by atoms with Gasteiger partial charge in [0.25, 0.3) is 0 Å². The Balaban J connectivity index is 1.49. The van der Waals surface area contributed by atoms with Crippen LogP contribution in [0.15, 0.2) is 85.1 Å². The first-order valence-corrected chi connectivity index (χ1v) is 10.7. The van der Waals surface area contributed by atoms with E-state index in [2.05, 4.69) is 69.5 Å². The highest BCUT2D eigenvalue weighted by atomic mass is 16.3. The number of para-hydroxylation sites is 2. The van der Waals surface area contributed by atoms with Crippen molar-refractivity contribution in [1.82, 2.24) is 14.9 Å². The highest BCUT2D eigenvalue weighted by Crippen LogP contribution is 2.40. The zero-order valence-corrected chi connectivity index (χ0v) is 17.1. The lowest BCUT2D eigenvalue weighted by Crippen LogP contribution is -2.35. The van der Waals surface area contributed by atoms with Crippen molar-refractivity contribution in [2.45, 2.75) is 19.0 Å². The molecule has 1 aliphatic heterocycles. The molecule has 0 aliphatic carbocycles. The number of aromatic hydroxyl groups is 1. The number of aromatic nitrogens is 2. The molecule has 152 valence electrons. The van der Waals surface area contributed by atoms with Gasteiger partial charge >= 0.3 is 0 Å². The van der Waals surface area contributed by atoms with Gasteiger partial charge in [-0.05, 0) is 47.4 Å². The quantitative estimate of drug-likeness (QED) is 0.413. The standard InChI is InChI=1S/C27H23N3O/c31-21-10-4-7-19(16-21)27-26-23(22-11-1-2-12-24(22)29-26)13-15-30(27)17-20-8-3-6-18-9-5-14-28-25(18)20/h1-12,14,16,27,29,31H,13,15,17H2/t27-/m1/s1. The molecule has 6 rings (SSSR count). The Morgan fingerprint density at radius 3 is 2.77 bits per heavy atom. The smallest absolute Gasteiger partial charge is 0.115 e.